The maximum absolute atomic E-state index is 12.5. The van der Waals surface area contributed by atoms with E-state index in [-0.39, 0.29) is 0 Å². The number of hydrogen-bond acceptors (Lipinski definition) is 1. The Kier molecular flexibility index (Phi) is 5.90. The number of halogens is 3. The normalized spacial score (nSPS) is 12.5. The summed E-state index contributed by atoms with van der Waals surface area (Å²) in [6.45, 7) is 8.62. The van der Waals surface area contributed by atoms with E-state index in [9.17, 15) is 13.2 Å². The van der Waals surface area contributed by atoms with E-state index < -0.39 is 11.7 Å². The zero-order valence-electron chi connectivity index (χ0n) is 12.6. The molecule has 0 heterocycles. The smallest absolute Gasteiger partial charge is 0.382 e. The molecule has 4 heteroatoms. The summed E-state index contributed by atoms with van der Waals surface area (Å²) in [5.41, 5.74) is 0.150. The van der Waals surface area contributed by atoms with Gasteiger partial charge in [-0.05, 0) is 48.9 Å². The summed E-state index contributed by atoms with van der Waals surface area (Å²) in [6, 6.07) is 5.58. The molecule has 0 atom stereocenters. The van der Waals surface area contributed by atoms with Crippen molar-refractivity contribution in [1.82, 2.24) is 0 Å². The first-order chi connectivity index (χ1) is 9.18. The fourth-order valence-electron chi connectivity index (χ4n) is 2.34. The molecule has 0 spiro atoms. The SMILES string of the molecule is CC(C)CC(CC(C)C)Nc1ccc(C(F)(F)F)cc1. The molecule has 0 aliphatic heterocycles. The van der Waals surface area contributed by atoms with Gasteiger partial charge in [-0.2, -0.15) is 13.2 Å². The van der Waals surface area contributed by atoms with Gasteiger partial charge in [0.15, 0.2) is 0 Å². The van der Waals surface area contributed by atoms with Crippen LogP contribution in [0.3, 0.4) is 0 Å². The fourth-order valence-corrected chi connectivity index (χ4v) is 2.34. The lowest BCUT2D eigenvalue weighted by atomic mass is 9.95. The highest BCUT2D eigenvalue weighted by Gasteiger charge is 2.30. The zero-order chi connectivity index (χ0) is 15.3. The standard InChI is InChI=1S/C16H24F3N/c1-11(2)9-15(10-12(3)4)20-14-7-5-13(6-8-14)16(17,18)19/h5-8,11-12,15,20H,9-10H2,1-4H3. The molecule has 0 aromatic heterocycles. The number of benzene rings is 1. The third-order valence-electron chi connectivity index (χ3n) is 3.09. The van der Waals surface area contributed by atoms with Crippen LogP contribution >= 0.6 is 0 Å². The van der Waals surface area contributed by atoms with E-state index in [1.807, 2.05) is 0 Å². The van der Waals surface area contributed by atoms with Crippen molar-refractivity contribution in [2.24, 2.45) is 11.8 Å². The molecule has 1 aromatic rings. The number of hydrogen-bond donors (Lipinski definition) is 1. The van der Waals surface area contributed by atoms with E-state index in [2.05, 4.69) is 33.0 Å². The van der Waals surface area contributed by atoms with Gasteiger partial charge < -0.3 is 5.32 Å². The molecule has 0 bridgehead atoms. The predicted molar refractivity (Wildman–Crippen MR) is 77.8 cm³/mol. The average molecular weight is 287 g/mol. The van der Waals surface area contributed by atoms with Gasteiger partial charge in [0.2, 0.25) is 0 Å². The van der Waals surface area contributed by atoms with E-state index in [1.165, 1.54) is 12.1 Å². The van der Waals surface area contributed by atoms with Gasteiger partial charge in [0.25, 0.3) is 0 Å². The Morgan fingerprint density at radius 3 is 1.70 bits per heavy atom. The van der Waals surface area contributed by atoms with Crippen molar-refractivity contribution in [2.75, 3.05) is 5.32 Å². The van der Waals surface area contributed by atoms with Crippen LogP contribution in [0.1, 0.15) is 46.1 Å². The summed E-state index contributed by atoms with van der Waals surface area (Å²) in [7, 11) is 0. The Hall–Kier alpha value is -1.19. The van der Waals surface area contributed by atoms with E-state index >= 15 is 0 Å². The van der Waals surface area contributed by atoms with Gasteiger partial charge in [-0.25, -0.2) is 0 Å². The largest absolute Gasteiger partial charge is 0.416 e. The Balaban J connectivity index is 2.73. The number of anilines is 1. The summed E-state index contributed by atoms with van der Waals surface area (Å²) in [4.78, 5) is 0. The number of nitrogens with one attached hydrogen (secondary N) is 1. The molecular formula is C16H24F3N. The van der Waals surface area contributed by atoms with Gasteiger partial charge in [-0.1, -0.05) is 27.7 Å². The molecular weight excluding hydrogens is 263 g/mol. The molecule has 20 heavy (non-hydrogen) atoms. The molecule has 0 radical (unpaired) electrons. The van der Waals surface area contributed by atoms with Gasteiger partial charge in [0.1, 0.15) is 0 Å². The van der Waals surface area contributed by atoms with Crippen molar-refractivity contribution in [1.29, 1.82) is 0 Å². The predicted octanol–water partition coefficient (Wildman–Crippen LogP) is 5.58. The monoisotopic (exact) mass is 287 g/mol. The molecule has 0 saturated carbocycles. The van der Waals surface area contributed by atoms with Crippen molar-refractivity contribution in [2.45, 2.75) is 52.8 Å². The second kappa shape index (κ2) is 7.00. The maximum atomic E-state index is 12.5. The molecule has 1 N–H and O–H groups in total. The summed E-state index contributed by atoms with van der Waals surface area (Å²) < 4.78 is 37.5. The zero-order valence-corrected chi connectivity index (χ0v) is 12.6. The Bertz CT molecular complexity index is 383. The minimum atomic E-state index is -4.27. The van der Waals surface area contributed by atoms with Crippen LogP contribution in [0.4, 0.5) is 18.9 Å². The van der Waals surface area contributed by atoms with Crippen LogP contribution in [0.5, 0.6) is 0 Å². The summed E-state index contributed by atoms with van der Waals surface area (Å²) in [5.74, 6) is 1.11. The highest BCUT2D eigenvalue weighted by Crippen LogP contribution is 2.30. The first-order valence-corrected chi connectivity index (χ1v) is 7.12. The quantitative estimate of drug-likeness (QED) is 0.720. The Morgan fingerprint density at radius 1 is 0.900 bits per heavy atom. The van der Waals surface area contributed by atoms with Crippen LogP contribution < -0.4 is 5.32 Å². The van der Waals surface area contributed by atoms with Crippen LogP contribution in [0, 0.1) is 11.8 Å². The molecule has 1 nitrogen and oxygen atoms in total. The first-order valence-electron chi connectivity index (χ1n) is 7.12. The molecule has 1 rings (SSSR count). The lowest BCUT2D eigenvalue weighted by Gasteiger charge is -2.23. The summed E-state index contributed by atoms with van der Waals surface area (Å²) in [6.07, 6.45) is -2.24. The topological polar surface area (TPSA) is 12.0 Å². The summed E-state index contributed by atoms with van der Waals surface area (Å²) in [5, 5.41) is 3.35. The fraction of sp³-hybridized carbons (Fsp3) is 0.625. The Morgan fingerprint density at radius 2 is 1.35 bits per heavy atom. The first kappa shape index (κ1) is 16.9. The second-order valence-corrected chi connectivity index (χ2v) is 6.18. The second-order valence-electron chi connectivity index (χ2n) is 6.18. The highest BCUT2D eigenvalue weighted by atomic mass is 19.4. The molecule has 0 aliphatic rings. The average Bonchev–Trinajstić information content (AvgIpc) is 2.26. The van der Waals surface area contributed by atoms with Crippen LogP contribution in [0.25, 0.3) is 0 Å². The van der Waals surface area contributed by atoms with Gasteiger partial charge in [-0.3, -0.25) is 0 Å². The van der Waals surface area contributed by atoms with E-state index in [1.54, 1.807) is 0 Å². The molecule has 1 aromatic carbocycles. The van der Waals surface area contributed by atoms with Crippen molar-refractivity contribution in [3.8, 4) is 0 Å². The molecule has 0 amide bonds. The molecule has 0 unspecified atom stereocenters. The van der Waals surface area contributed by atoms with Gasteiger partial charge >= 0.3 is 6.18 Å². The lowest BCUT2D eigenvalue weighted by Crippen LogP contribution is -2.23. The van der Waals surface area contributed by atoms with Crippen LogP contribution in [0.2, 0.25) is 0 Å². The highest BCUT2D eigenvalue weighted by molar-refractivity contribution is 5.46. The van der Waals surface area contributed by atoms with E-state index in [4.69, 9.17) is 0 Å². The van der Waals surface area contributed by atoms with Crippen LogP contribution in [0.15, 0.2) is 24.3 Å². The van der Waals surface area contributed by atoms with E-state index in [0.717, 1.165) is 30.7 Å². The molecule has 114 valence electrons. The van der Waals surface area contributed by atoms with Crippen LogP contribution in [-0.2, 0) is 6.18 Å². The molecule has 0 fully saturated rings. The maximum Gasteiger partial charge on any atom is 0.416 e. The number of alkyl halides is 3. The third-order valence-corrected chi connectivity index (χ3v) is 3.09. The van der Waals surface area contributed by atoms with Gasteiger partial charge in [0.05, 0.1) is 5.56 Å². The number of rotatable bonds is 6. The minimum absolute atomic E-state index is 0.298. The molecule has 0 saturated heterocycles. The van der Waals surface area contributed by atoms with Crippen molar-refractivity contribution in [3.05, 3.63) is 29.8 Å². The van der Waals surface area contributed by atoms with Gasteiger partial charge in [-0.15, -0.1) is 0 Å². The van der Waals surface area contributed by atoms with Crippen molar-refractivity contribution >= 4 is 5.69 Å². The van der Waals surface area contributed by atoms with Crippen molar-refractivity contribution < 1.29 is 13.2 Å². The van der Waals surface area contributed by atoms with Crippen LogP contribution in [-0.4, -0.2) is 6.04 Å². The van der Waals surface area contributed by atoms with Gasteiger partial charge in [0, 0.05) is 11.7 Å². The third kappa shape index (κ3) is 5.85. The Labute approximate surface area is 119 Å². The summed E-state index contributed by atoms with van der Waals surface area (Å²) >= 11 is 0. The van der Waals surface area contributed by atoms with E-state index in [0.29, 0.717) is 17.9 Å². The van der Waals surface area contributed by atoms with Crippen molar-refractivity contribution in [3.63, 3.8) is 0 Å². The molecule has 0 aliphatic carbocycles. The minimum Gasteiger partial charge on any atom is -0.382 e. The lowest BCUT2D eigenvalue weighted by molar-refractivity contribution is -0.137.